The van der Waals surface area contributed by atoms with Gasteiger partial charge in [-0.3, -0.25) is 4.90 Å². The number of aryl methyl sites for hydroxylation is 1. The average molecular weight is 421 g/mol. The summed E-state index contributed by atoms with van der Waals surface area (Å²) in [6.45, 7) is 3.22. The first-order valence-electron chi connectivity index (χ1n) is 9.26. The second-order valence-corrected chi connectivity index (χ2v) is 7.29. The number of carbonyl (C=O) groups is 1. The van der Waals surface area contributed by atoms with E-state index in [1.165, 1.54) is 7.11 Å². The standard InChI is InChI=1S/C20H25ClN4O4/c1-12-18(21)24-17(20(26)28-4)19(22-12)23-13-5-7-15(8-6-13)29-11-14-9-16(27-3)10-25(14)2/h5-8,14,16H,9-11H2,1-4H3,(H,22,23)/t14-,16+/m1/s1. The molecule has 1 aliphatic heterocycles. The SMILES string of the molecule is COC(=O)c1nc(Cl)c(C)nc1Nc1ccc(OC[C@H]2C[C@H](OC)CN2C)cc1. The van der Waals surface area contributed by atoms with Crippen molar-refractivity contribution >= 4 is 29.1 Å². The fourth-order valence-corrected chi connectivity index (χ4v) is 3.31. The Labute approximate surface area is 175 Å². The minimum atomic E-state index is -0.614. The van der Waals surface area contributed by atoms with Gasteiger partial charge in [-0.2, -0.15) is 0 Å². The van der Waals surface area contributed by atoms with Crippen molar-refractivity contribution in [2.75, 3.05) is 39.7 Å². The lowest BCUT2D eigenvalue weighted by Gasteiger charge is -2.19. The Morgan fingerprint density at radius 2 is 2.00 bits per heavy atom. The highest BCUT2D eigenvalue weighted by Crippen LogP contribution is 2.25. The number of nitrogens with zero attached hydrogens (tertiary/aromatic N) is 3. The van der Waals surface area contributed by atoms with Crippen LogP contribution in [0, 0.1) is 6.92 Å². The van der Waals surface area contributed by atoms with Gasteiger partial charge in [-0.05, 0) is 44.7 Å². The first kappa shape index (κ1) is 21.3. The van der Waals surface area contributed by atoms with E-state index in [0.717, 1.165) is 24.4 Å². The van der Waals surface area contributed by atoms with Gasteiger partial charge in [-0.1, -0.05) is 11.6 Å². The Morgan fingerprint density at radius 3 is 2.62 bits per heavy atom. The molecule has 1 aliphatic rings. The molecule has 9 heteroatoms. The molecule has 1 saturated heterocycles. The number of hydrogen-bond acceptors (Lipinski definition) is 8. The smallest absolute Gasteiger partial charge is 0.360 e. The molecule has 0 unspecified atom stereocenters. The molecular weight excluding hydrogens is 396 g/mol. The predicted molar refractivity (Wildman–Crippen MR) is 110 cm³/mol. The number of rotatable bonds is 7. The highest BCUT2D eigenvalue weighted by molar-refractivity contribution is 6.30. The van der Waals surface area contributed by atoms with Crippen LogP contribution in [0.3, 0.4) is 0 Å². The van der Waals surface area contributed by atoms with Gasteiger partial charge in [-0.25, -0.2) is 14.8 Å². The summed E-state index contributed by atoms with van der Waals surface area (Å²) in [7, 11) is 5.10. The third kappa shape index (κ3) is 5.14. The van der Waals surface area contributed by atoms with E-state index in [4.69, 9.17) is 25.8 Å². The molecule has 0 aliphatic carbocycles. The molecule has 2 atom stereocenters. The fourth-order valence-electron chi connectivity index (χ4n) is 3.18. The van der Waals surface area contributed by atoms with Gasteiger partial charge in [0.2, 0.25) is 0 Å². The highest BCUT2D eigenvalue weighted by atomic mass is 35.5. The fraction of sp³-hybridized carbons (Fsp3) is 0.450. The molecule has 0 spiro atoms. The van der Waals surface area contributed by atoms with Crippen LogP contribution in [0.4, 0.5) is 11.5 Å². The van der Waals surface area contributed by atoms with Gasteiger partial charge in [0.25, 0.3) is 0 Å². The van der Waals surface area contributed by atoms with Gasteiger partial charge < -0.3 is 19.5 Å². The number of ether oxygens (including phenoxy) is 3. The number of likely N-dealkylation sites (N-methyl/N-ethyl adjacent to an activating group) is 1. The Balaban J connectivity index is 1.65. The summed E-state index contributed by atoms with van der Waals surface area (Å²) >= 11 is 5.99. The summed E-state index contributed by atoms with van der Waals surface area (Å²) in [5, 5.41) is 3.25. The number of nitrogens with one attached hydrogen (secondary N) is 1. The topological polar surface area (TPSA) is 85.8 Å². The maximum Gasteiger partial charge on any atom is 0.360 e. The average Bonchev–Trinajstić information content (AvgIpc) is 3.09. The van der Waals surface area contributed by atoms with Crippen molar-refractivity contribution in [3.8, 4) is 5.75 Å². The van der Waals surface area contributed by atoms with Crippen LogP contribution in [0.1, 0.15) is 22.6 Å². The summed E-state index contributed by atoms with van der Waals surface area (Å²) in [6.07, 6.45) is 1.21. The van der Waals surface area contributed by atoms with Gasteiger partial charge in [0, 0.05) is 25.4 Å². The van der Waals surface area contributed by atoms with E-state index in [9.17, 15) is 4.79 Å². The first-order valence-corrected chi connectivity index (χ1v) is 9.64. The number of hydrogen-bond donors (Lipinski definition) is 1. The minimum absolute atomic E-state index is 0.0281. The number of halogens is 1. The second-order valence-electron chi connectivity index (χ2n) is 6.94. The van der Waals surface area contributed by atoms with E-state index in [-0.39, 0.29) is 22.8 Å². The zero-order valence-corrected chi connectivity index (χ0v) is 17.7. The van der Waals surface area contributed by atoms with Crippen LogP contribution in [0.5, 0.6) is 5.75 Å². The molecule has 2 aromatic rings. The Morgan fingerprint density at radius 1 is 1.28 bits per heavy atom. The molecule has 1 fully saturated rings. The monoisotopic (exact) mass is 420 g/mol. The lowest BCUT2D eigenvalue weighted by Crippen LogP contribution is -2.30. The van der Waals surface area contributed by atoms with Gasteiger partial charge in [0.05, 0.1) is 18.9 Å². The number of likely N-dealkylation sites (tertiary alicyclic amines) is 1. The number of esters is 1. The van der Waals surface area contributed by atoms with Crippen LogP contribution in [-0.4, -0.2) is 67.4 Å². The predicted octanol–water partition coefficient (Wildman–Crippen LogP) is 3.07. The van der Waals surface area contributed by atoms with Crippen LogP contribution in [0.15, 0.2) is 24.3 Å². The Kier molecular flexibility index (Phi) is 6.89. The summed E-state index contributed by atoms with van der Waals surface area (Å²) < 4.78 is 16.1. The van der Waals surface area contributed by atoms with E-state index in [1.807, 2.05) is 24.3 Å². The van der Waals surface area contributed by atoms with Gasteiger partial charge in [0.15, 0.2) is 16.7 Å². The van der Waals surface area contributed by atoms with Crippen LogP contribution < -0.4 is 10.1 Å². The first-order chi connectivity index (χ1) is 13.9. The summed E-state index contributed by atoms with van der Waals surface area (Å²) in [5.74, 6) is 0.430. The Bertz CT molecular complexity index is 862. The van der Waals surface area contributed by atoms with E-state index in [1.54, 1.807) is 14.0 Å². The summed E-state index contributed by atoms with van der Waals surface area (Å²) in [6, 6.07) is 7.74. The molecule has 3 rings (SSSR count). The zero-order valence-electron chi connectivity index (χ0n) is 16.9. The number of carbonyl (C=O) groups excluding carboxylic acids is 1. The number of methoxy groups -OCH3 is 2. The van der Waals surface area contributed by atoms with Crippen molar-refractivity contribution in [1.29, 1.82) is 0 Å². The number of aromatic nitrogens is 2. The van der Waals surface area contributed by atoms with Crippen LogP contribution in [0.25, 0.3) is 0 Å². The maximum atomic E-state index is 12.0. The van der Waals surface area contributed by atoms with E-state index >= 15 is 0 Å². The van der Waals surface area contributed by atoms with Crippen LogP contribution in [0.2, 0.25) is 5.15 Å². The third-order valence-corrected chi connectivity index (χ3v) is 5.29. The zero-order chi connectivity index (χ0) is 21.0. The van der Waals surface area contributed by atoms with E-state index in [0.29, 0.717) is 18.3 Å². The quantitative estimate of drug-likeness (QED) is 0.684. The number of benzene rings is 1. The number of anilines is 2. The van der Waals surface area contributed by atoms with Crippen molar-refractivity contribution in [1.82, 2.24) is 14.9 Å². The molecule has 0 amide bonds. The van der Waals surface area contributed by atoms with Crippen LogP contribution >= 0.6 is 11.6 Å². The summed E-state index contributed by atoms with van der Waals surface area (Å²) in [4.78, 5) is 22.6. The third-order valence-electron chi connectivity index (χ3n) is 4.93. The van der Waals surface area contributed by atoms with Crippen molar-refractivity contribution < 1.29 is 19.0 Å². The highest BCUT2D eigenvalue weighted by Gasteiger charge is 2.29. The lowest BCUT2D eigenvalue weighted by molar-refractivity contribution is 0.0595. The molecule has 2 heterocycles. The van der Waals surface area contributed by atoms with Crippen molar-refractivity contribution in [2.45, 2.75) is 25.5 Å². The maximum absolute atomic E-state index is 12.0. The molecule has 0 saturated carbocycles. The molecule has 0 radical (unpaired) electrons. The largest absolute Gasteiger partial charge is 0.492 e. The van der Waals surface area contributed by atoms with Gasteiger partial charge in [0.1, 0.15) is 12.4 Å². The molecule has 1 N–H and O–H groups in total. The van der Waals surface area contributed by atoms with Crippen LogP contribution in [-0.2, 0) is 9.47 Å². The lowest BCUT2D eigenvalue weighted by atomic mass is 10.2. The normalized spacial score (nSPS) is 19.2. The second kappa shape index (κ2) is 9.39. The molecule has 156 valence electrons. The van der Waals surface area contributed by atoms with E-state index < -0.39 is 5.97 Å². The molecule has 1 aromatic carbocycles. The molecular formula is C20H25ClN4O4. The van der Waals surface area contributed by atoms with Gasteiger partial charge in [-0.15, -0.1) is 0 Å². The van der Waals surface area contributed by atoms with Crippen molar-refractivity contribution in [3.05, 3.63) is 40.8 Å². The van der Waals surface area contributed by atoms with Gasteiger partial charge >= 0.3 is 5.97 Å². The van der Waals surface area contributed by atoms with Crippen molar-refractivity contribution in [2.24, 2.45) is 0 Å². The molecule has 0 bridgehead atoms. The molecule has 29 heavy (non-hydrogen) atoms. The van der Waals surface area contributed by atoms with Crippen molar-refractivity contribution in [3.63, 3.8) is 0 Å². The molecule has 1 aromatic heterocycles. The Hall–Kier alpha value is -2.42. The molecule has 8 nitrogen and oxygen atoms in total. The van der Waals surface area contributed by atoms with E-state index in [2.05, 4.69) is 27.2 Å². The minimum Gasteiger partial charge on any atom is -0.492 e. The summed E-state index contributed by atoms with van der Waals surface area (Å²) in [5.41, 5.74) is 1.27.